The molecule has 3 heteroatoms. The van der Waals surface area contributed by atoms with E-state index < -0.39 is 0 Å². The highest BCUT2D eigenvalue weighted by Crippen LogP contribution is 1.95. The van der Waals surface area contributed by atoms with Gasteiger partial charge >= 0.3 is 0 Å². The van der Waals surface area contributed by atoms with Gasteiger partial charge in [0.25, 0.3) is 5.91 Å². The summed E-state index contributed by atoms with van der Waals surface area (Å²) in [6.45, 7) is 3.64. The molecule has 1 aromatic carbocycles. The van der Waals surface area contributed by atoms with E-state index in [1.165, 1.54) is 0 Å². The first kappa shape index (κ1) is 12.9. The van der Waals surface area contributed by atoms with Gasteiger partial charge in [-0.3, -0.25) is 4.79 Å². The average Bonchev–Trinajstić information content (AvgIpc) is 2.37. The van der Waals surface area contributed by atoms with Crippen LogP contribution in [0.5, 0.6) is 0 Å². The lowest BCUT2D eigenvalue weighted by atomic mass is 10.2. The number of carbonyl (C=O) groups excluding carboxylic acids is 1. The molecule has 0 bridgehead atoms. The minimum absolute atomic E-state index is 0.199. The lowest BCUT2D eigenvalue weighted by Gasteiger charge is -1.98. The van der Waals surface area contributed by atoms with Crippen molar-refractivity contribution in [2.24, 2.45) is 5.10 Å². The van der Waals surface area contributed by atoms with Gasteiger partial charge in [0.1, 0.15) is 0 Å². The van der Waals surface area contributed by atoms with Gasteiger partial charge in [0, 0.05) is 5.57 Å². The fourth-order valence-corrected chi connectivity index (χ4v) is 1.11. The molecule has 0 saturated heterocycles. The molecule has 0 fully saturated rings. The Bertz CT molecular complexity index is 445. The molecule has 17 heavy (non-hydrogen) atoms. The molecule has 0 atom stereocenters. The highest BCUT2D eigenvalue weighted by atomic mass is 16.2. The van der Waals surface area contributed by atoms with Crippen LogP contribution in [-0.2, 0) is 4.79 Å². The summed E-state index contributed by atoms with van der Waals surface area (Å²) in [4.78, 5) is 11.5. The van der Waals surface area contributed by atoms with E-state index in [1.54, 1.807) is 19.2 Å². The molecule has 1 amide bonds. The maximum Gasteiger partial charge on any atom is 0.267 e. The number of nitrogens with one attached hydrogen (secondary N) is 1. The van der Waals surface area contributed by atoms with E-state index in [0.29, 0.717) is 5.57 Å². The van der Waals surface area contributed by atoms with Crippen molar-refractivity contribution < 1.29 is 4.79 Å². The number of hydrazone groups is 1. The van der Waals surface area contributed by atoms with Crippen LogP contribution in [0.1, 0.15) is 19.4 Å². The topological polar surface area (TPSA) is 41.5 Å². The molecule has 0 radical (unpaired) electrons. The van der Waals surface area contributed by atoms with Crippen LogP contribution in [0.25, 0.3) is 0 Å². The largest absolute Gasteiger partial charge is 0.268 e. The van der Waals surface area contributed by atoms with Crippen molar-refractivity contribution in [2.75, 3.05) is 0 Å². The molecule has 0 saturated carbocycles. The molecule has 0 heterocycles. The maximum absolute atomic E-state index is 11.5. The number of benzene rings is 1. The third-order valence-electron chi connectivity index (χ3n) is 2.08. The molecule has 1 aromatic rings. The minimum Gasteiger partial charge on any atom is -0.268 e. The predicted molar refractivity (Wildman–Crippen MR) is 70.7 cm³/mol. The van der Waals surface area contributed by atoms with Crippen LogP contribution in [-0.4, -0.2) is 12.1 Å². The molecular formula is C14H16N2O. The number of hydrogen-bond donors (Lipinski definition) is 1. The number of rotatable bonds is 4. The molecule has 0 aromatic heterocycles. The lowest BCUT2D eigenvalue weighted by molar-refractivity contribution is -0.117. The predicted octanol–water partition coefficient (Wildman–Crippen LogP) is 2.66. The van der Waals surface area contributed by atoms with Gasteiger partial charge in [-0.25, -0.2) is 5.43 Å². The van der Waals surface area contributed by atoms with E-state index in [9.17, 15) is 4.79 Å². The number of nitrogens with zero attached hydrogens (tertiary/aromatic N) is 1. The van der Waals surface area contributed by atoms with Gasteiger partial charge in [-0.05, 0) is 19.4 Å². The number of amides is 1. The van der Waals surface area contributed by atoms with Crippen LogP contribution in [0.15, 0.2) is 59.2 Å². The van der Waals surface area contributed by atoms with Gasteiger partial charge in [0.15, 0.2) is 0 Å². The Labute approximate surface area is 102 Å². The molecule has 1 rings (SSSR count). The third kappa shape index (κ3) is 4.93. The average molecular weight is 228 g/mol. The summed E-state index contributed by atoms with van der Waals surface area (Å²) >= 11 is 0. The van der Waals surface area contributed by atoms with Gasteiger partial charge in [-0.15, -0.1) is 0 Å². The van der Waals surface area contributed by atoms with Gasteiger partial charge in [-0.1, -0.05) is 48.6 Å². The smallest absolute Gasteiger partial charge is 0.267 e. The minimum atomic E-state index is -0.199. The van der Waals surface area contributed by atoms with Crippen LogP contribution in [0.2, 0.25) is 0 Å². The van der Waals surface area contributed by atoms with Crippen molar-refractivity contribution in [3.8, 4) is 0 Å². The van der Waals surface area contributed by atoms with Crippen LogP contribution in [0.3, 0.4) is 0 Å². The van der Waals surface area contributed by atoms with E-state index >= 15 is 0 Å². The number of allylic oxidation sites excluding steroid dienone is 3. The quantitative estimate of drug-likeness (QED) is 0.366. The zero-order chi connectivity index (χ0) is 12.5. The fourth-order valence-electron chi connectivity index (χ4n) is 1.11. The summed E-state index contributed by atoms with van der Waals surface area (Å²) in [5.41, 5.74) is 4.03. The monoisotopic (exact) mass is 228 g/mol. The van der Waals surface area contributed by atoms with E-state index in [4.69, 9.17) is 0 Å². The zero-order valence-electron chi connectivity index (χ0n) is 10.1. The molecule has 0 unspecified atom stereocenters. The van der Waals surface area contributed by atoms with Crippen LogP contribution >= 0.6 is 0 Å². The zero-order valence-corrected chi connectivity index (χ0v) is 10.1. The summed E-state index contributed by atoms with van der Waals surface area (Å²) in [5, 5.41) is 3.88. The number of hydrogen-bond acceptors (Lipinski definition) is 2. The van der Waals surface area contributed by atoms with Crippen molar-refractivity contribution in [1.82, 2.24) is 5.43 Å². The van der Waals surface area contributed by atoms with Gasteiger partial charge in [0.2, 0.25) is 0 Å². The molecule has 88 valence electrons. The second-order valence-corrected chi connectivity index (χ2v) is 3.49. The Hall–Kier alpha value is -2.16. The Morgan fingerprint density at radius 2 is 2.00 bits per heavy atom. The Balaban J connectivity index is 2.51. The van der Waals surface area contributed by atoms with E-state index in [0.717, 1.165) is 5.56 Å². The first-order chi connectivity index (χ1) is 8.24. The highest BCUT2D eigenvalue weighted by molar-refractivity contribution is 5.93. The molecular weight excluding hydrogens is 212 g/mol. The molecule has 0 aliphatic heterocycles. The second kappa shape index (κ2) is 7.17. The molecule has 3 nitrogen and oxygen atoms in total. The SMILES string of the molecule is C/C=C\C=C(/C)C(=O)N/N=C/c1ccccc1. The van der Waals surface area contributed by atoms with Gasteiger partial charge < -0.3 is 0 Å². The normalized spacial score (nSPS) is 12.2. The van der Waals surface area contributed by atoms with Crippen molar-refractivity contribution in [3.63, 3.8) is 0 Å². The van der Waals surface area contributed by atoms with E-state index in [-0.39, 0.29) is 5.91 Å². The molecule has 0 aliphatic carbocycles. The fraction of sp³-hybridized carbons (Fsp3) is 0.143. The van der Waals surface area contributed by atoms with Gasteiger partial charge in [0.05, 0.1) is 6.21 Å². The highest BCUT2D eigenvalue weighted by Gasteiger charge is 1.99. The molecule has 0 aliphatic rings. The Morgan fingerprint density at radius 3 is 2.65 bits per heavy atom. The van der Waals surface area contributed by atoms with Crippen molar-refractivity contribution in [1.29, 1.82) is 0 Å². The number of carbonyl (C=O) groups is 1. The Morgan fingerprint density at radius 1 is 1.29 bits per heavy atom. The van der Waals surface area contributed by atoms with Crippen LogP contribution in [0, 0.1) is 0 Å². The van der Waals surface area contributed by atoms with Crippen LogP contribution < -0.4 is 5.43 Å². The maximum atomic E-state index is 11.5. The first-order valence-corrected chi connectivity index (χ1v) is 5.42. The van der Waals surface area contributed by atoms with Crippen molar-refractivity contribution in [2.45, 2.75) is 13.8 Å². The summed E-state index contributed by atoms with van der Waals surface area (Å²) in [5.74, 6) is -0.199. The lowest BCUT2D eigenvalue weighted by Crippen LogP contribution is -2.18. The van der Waals surface area contributed by atoms with Gasteiger partial charge in [-0.2, -0.15) is 5.10 Å². The molecule has 0 spiro atoms. The Kier molecular flexibility index (Phi) is 5.44. The van der Waals surface area contributed by atoms with Crippen molar-refractivity contribution >= 4 is 12.1 Å². The van der Waals surface area contributed by atoms with Crippen molar-refractivity contribution in [3.05, 3.63) is 59.7 Å². The second-order valence-electron chi connectivity index (χ2n) is 3.49. The molecule has 1 N–H and O–H groups in total. The third-order valence-corrected chi connectivity index (χ3v) is 2.08. The van der Waals surface area contributed by atoms with Crippen LogP contribution in [0.4, 0.5) is 0 Å². The summed E-state index contributed by atoms with van der Waals surface area (Å²) < 4.78 is 0. The summed E-state index contributed by atoms with van der Waals surface area (Å²) in [6, 6.07) is 9.59. The first-order valence-electron chi connectivity index (χ1n) is 5.42. The van der Waals surface area contributed by atoms with E-state index in [1.807, 2.05) is 49.4 Å². The summed E-state index contributed by atoms with van der Waals surface area (Å²) in [7, 11) is 0. The van der Waals surface area contributed by atoms with E-state index in [2.05, 4.69) is 10.5 Å². The summed E-state index contributed by atoms with van der Waals surface area (Å²) in [6.07, 6.45) is 7.04. The standard InChI is InChI=1S/C14H16N2O/c1-3-4-8-12(2)14(17)16-15-11-13-9-6-5-7-10-13/h3-11H,1-2H3,(H,16,17)/b4-3-,12-8+,15-11+.